The second-order valence-electron chi connectivity index (χ2n) is 4.44. The van der Waals surface area contributed by atoms with Crippen LogP contribution in [0.15, 0.2) is 24.3 Å². The lowest BCUT2D eigenvalue weighted by molar-refractivity contribution is 0.252. The third kappa shape index (κ3) is 2.22. The van der Waals surface area contributed by atoms with E-state index >= 15 is 0 Å². The highest BCUT2D eigenvalue weighted by molar-refractivity contribution is 5.36. The van der Waals surface area contributed by atoms with E-state index in [9.17, 15) is 0 Å². The van der Waals surface area contributed by atoms with Crippen LogP contribution < -0.4 is 4.74 Å². The number of hydrogen-bond donors (Lipinski definition) is 0. The van der Waals surface area contributed by atoms with Gasteiger partial charge in [-0.25, -0.2) is 0 Å². The molecule has 2 rings (SSSR count). The molecule has 2 nitrogen and oxygen atoms in total. The summed E-state index contributed by atoms with van der Waals surface area (Å²) in [7, 11) is 1.76. The van der Waals surface area contributed by atoms with E-state index in [1.54, 1.807) is 7.11 Å². The van der Waals surface area contributed by atoms with E-state index in [0.29, 0.717) is 6.04 Å². The monoisotopic (exact) mass is 219 g/mol. The van der Waals surface area contributed by atoms with Gasteiger partial charge in [0.1, 0.15) is 5.75 Å². The Bertz CT molecular complexity index is 337. The molecule has 1 heterocycles. The largest absolute Gasteiger partial charge is 0.496 e. The summed E-state index contributed by atoms with van der Waals surface area (Å²) in [6.07, 6.45) is 3.80. The molecule has 0 N–H and O–H groups in total. The summed E-state index contributed by atoms with van der Waals surface area (Å²) in [6, 6.07) is 8.99. The van der Waals surface area contributed by atoms with Crippen molar-refractivity contribution < 1.29 is 4.74 Å². The van der Waals surface area contributed by atoms with Gasteiger partial charge in [-0.2, -0.15) is 0 Å². The molecule has 1 fully saturated rings. The normalized spacial score (nSPS) is 21.2. The average molecular weight is 219 g/mol. The molecule has 16 heavy (non-hydrogen) atoms. The second kappa shape index (κ2) is 5.35. The fraction of sp³-hybridized carbons (Fsp3) is 0.571. The zero-order chi connectivity index (χ0) is 11.4. The molecule has 1 saturated heterocycles. The number of methoxy groups -OCH3 is 1. The summed E-state index contributed by atoms with van der Waals surface area (Å²) in [4.78, 5) is 2.58. The predicted octanol–water partition coefficient (Wildman–Crippen LogP) is 3.24. The van der Waals surface area contributed by atoms with Gasteiger partial charge in [-0.3, -0.25) is 4.90 Å². The van der Waals surface area contributed by atoms with Gasteiger partial charge >= 0.3 is 0 Å². The van der Waals surface area contributed by atoms with E-state index in [0.717, 1.165) is 5.75 Å². The topological polar surface area (TPSA) is 12.5 Å². The molecule has 0 aliphatic carbocycles. The zero-order valence-electron chi connectivity index (χ0n) is 10.3. The SMILES string of the molecule is CCCN1CCCC1c1ccccc1OC. The first-order chi connectivity index (χ1) is 7.86. The molecule has 1 aromatic carbocycles. The molecule has 1 atom stereocenters. The molecule has 0 aromatic heterocycles. The van der Waals surface area contributed by atoms with Gasteiger partial charge < -0.3 is 4.74 Å². The van der Waals surface area contributed by atoms with Crippen LogP contribution in [0.5, 0.6) is 5.75 Å². The lowest BCUT2D eigenvalue weighted by atomic mass is 10.0. The highest BCUT2D eigenvalue weighted by Crippen LogP contribution is 2.36. The second-order valence-corrected chi connectivity index (χ2v) is 4.44. The van der Waals surface area contributed by atoms with Crippen molar-refractivity contribution in [2.75, 3.05) is 20.2 Å². The fourth-order valence-corrected chi connectivity index (χ4v) is 2.67. The number of hydrogen-bond acceptors (Lipinski definition) is 2. The van der Waals surface area contributed by atoms with Crippen LogP contribution >= 0.6 is 0 Å². The van der Waals surface area contributed by atoms with Crippen LogP contribution in [0.4, 0.5) is 0 Å². The van der Waals surface area contributed by atoms with Crippen molar-refractivity contribution in [2.45, 2.75) is 32.2 Å². The fourth-order valence-electron chi connectivity index (χ4n) is 2.67. The van der Waals surface area contributed by atoms with Gasteiger partial charge in [-0.1, -0.05) is 25.1 Å². The maximum absolute atomic E-state index is 5.46. The van der Waals surface area contributed by atoms with Gasteiger partial charge in [0.05, 0.1) is 7.11 Å². The molecule has 2 heteroatoms. The minimum atomic E-state index is 0.566. The molecule has 1 aliphatic heterocycles. The van der Waals surface area contributed by atoms with Crippen LogP contribution in [0.1, 0.15) is 37.8 Å². The summed E-state index contributed by atoms with van der Waals surface area (Å²) in [5.74, 6) is 1.04. The first kappa shape index (κ1) is 11.5. The Kier molecular flexibility index (Phi) is 3.83. The van der Waals surface area contributed by atoms with Crippen molar-refractivity contribution in [3.63, 3.8) is 0 Å². The van der Waals surface area contributed by atoms with Crippen LogP contribution in [0.3, 0.4) is 0 Å². The minimum Gasteiger partial charge on any atom is -0.496 e. The van der Waals surface area contributed by atoms with Crippen LogP contribution in [0.2, 0.25) is 0 Å². The highest BCUT2D eigenvalue weighted by atomic mass is 16.5. The first-order valence-corrected chi connectivity index (χ1v) is 6.23. The summed E-state index contributed by atoms with van der Waals surface area (Å²) in [5.41, 5.74) is 1.36. The van der Waals surface area contributed by atoms with Crippen LogP contribution in [-0.2, 0) is 0 Å². The molecule has 0 saturated carbocycles. The van der Waals surface area contributed by atoms with E-state index in [-0.39, 0.29) is 0 Å². The molecule has 0 radical (unpaired) electrons. The summed E-state index contributed by atoms with van der Waals surface area (Å²) >= 11 is 0. The summed E-state index contributed by atoms with van der Waals surface area (Å²) in [6.45, 7) is 4.68. The van der Waals surface area contributed by atoms with E-state index in [1.807, 2.05) is 6.07 Å². The number of para-hydroxylation sites is 1. The van der Waals surface area contributed by atoms with E-state index in [2.05, 4.69) is 30.0 Å². The molecule has 0 amide bonds. The van der Waals surface area contributed by atoms with Crippen molar-refractivity contribution >= 4 is 0 Å². The number of nitrogens with zero attached hydrogens (tertiary/aromatic N) is 1. The molecule has 1 unspecified atom stereocenters. The van der Waals surface area contributed by atoms with E-state index < -0.39 is 0 Å². The van der Waals surface area contributed by atoms with Crippen molar-refractivity contribution in [1.82, 2.24) is 4.90 Å². The quantitative estimate of drug-likeness (QED) is 0.770. The molecule has 1 aliphatic rings. The van der Waals surface area contributed by atoms with Gasteiger partial charge in [-0.15, -0.1) is 0 Å². The van der Waals surface area contributed by atoms with Gasteiger partial charge in [0, 0.05) is 11.6 Å². The van der Waals surface area contributed by atoms with Crippen molar-refractivity contribution in [3.05, 3.63) is 29.8 Å². The lowest BCUT2D eigenvalue weighted by Gasteiger charge is -2.25. The molecule has 0 bridgehead atoms. The predicted molar refractivity (Wildman–Crippen MR) is 66.8 cm³/mol. The Balaban J connectivity index is 2.21. The summed E-state index contributed by atoms with van der Waals surface area (Å²) in [5, 5.41) is 0. The molecular weight excluding hydrogens is 198 g/mol. The number of ether oxygens (including phenoxy) is 1. The number of benzene rings is 1. The first-order valence-electron chi connectivity index (χ1n) is 6.23. The van der Waals surface area contributed by atoms with Crippen molar-refractivity contribution in [2.24, 2.45) is 0 Å². The standard InChI is InChI=1S/C14H21NO/c1-3-10-15-11-6-8-13(15)12-7-4-5-9-14(12)16-2/h4-5,7,9,13H,3,6,8,10-11H2,1-2H3. The molecule has 0 spiro atoms. The smallest absolute Gasteiger partial charge is 0.123 e. The molecule has 88 valence electrons. The van der Waals surface area contributed by atoms with Gasteiger partial charge in [-0.05, 0) is 38.4 Å². The van der Waals surface area contributed by atoms with Crippen LogP contribution in [0.25, 0.3) is 0 Å². The Morgan fingerprint density at radius 1 is 1.38 bits per heavy atom. The van der Waals surface area contributed by atoms with E-state index in [4.69, 9.17) is 4.74 Å². The highest BCUT2D eigenvalue weighted by Gasteiger charge is 2.26. The molecular formula is C14H21NO. The number of rotatable bonds is 4. The van der Waals surface area contributed by atoms with Crippen molar-refractivity contribution in [1.29, 1.82) is 0 Å². The van der Waals surface area contributed by atoms with Crippen LogP contribution in [-0.4, -0.2) is 25.1 Å². The third-order valence-electron chi connectivity index (χ3n) is 3.37. The Morgan fingerprint density at radius 2 is 2.19 bits per heavy atom. The van der Waals surface area contributed by atoms with Gasteiger partial charge in [0.2, 0.25) is 0 Å². The average Bonchev–Trinajstić information content (AvgIpc) is 2.77. The maximum Gasteiger partial charge on any atom is 0.123 e. The zero-order valence-corrected chi connectivity index (χ0v) is 10.3. The van der Waals surface area contributed by atoms with Crippen LogP contribution in [0, 0.1) is 0 Å². The van der Waals surface area contributed by atoms with E-state index in [1.165, 1.54) is 37.9 Å². The Hall–Kier alpha value is -1.02. The lowest BCUT2D eigenvalue weighted by Crippen LogP contribution is -2.24. The Labute approximate surface area is 98.2 Å². The molecule has 1 aromatic rings. The third-order valence-corrected chi connectivity index (χ3v) is 3.37. The maximum atomic E-state index is 5.46. The number of likely N-dealkylation sites (tertiary alicyclic amines) is 1. The van der Waals surface area contributed by atoms with Gasteiger partial charge in [0.15, 0.2) is 0 Å². The van der Waals surface area contributed by atoms with Crippen molar-refractivity contribution in [3.8, 4) is 5.75 Å². The van der Waals surface area contributed by atoms with Gasteiger partial charge in [0.25, 0.3) is 0 Å². The Morgan fingerprint density at radius 3 is 2.94 bits per heavy atom. The summed E-state index contributed by atoms with van der Waals surface area (Å²) < 4.78 is 5.46. The minimum absolute atomic E-state index is 0.566.